The lowest BCUT2D eigenvalue weighted by molar-refractivity contribution is -0.0298. The van der Waals surface area contributed by atoms with Gasteiger partial charge in [0.2, 0.25) is 0 Å². The lowest BCUT2D eigenvalue weighted by Gasteiger charge is -2.40. The molecular formula is C26H31ClN6O3S. The van der Waals surface area contributed by atoms with Crippen LogP contribution in [-0.2, 0) is 13.1 Å². The fourth-order valence-electron chi connectivity index (χ4n) is 5.22. The number of carbonyl (C=O) groups is 2. The van der Waals surface area contributed by atoms with Crippen molar-refractivity contribution in [3.8, 4) is 0 Å². The van der Waals surface area contributed by atoms with Crippen LogP contribution in [0.4, 0.5) is 0 Å². The summed E-state index contributed by atoms with van der Waals surface area (Å²) < 4.78 is 0. The Labute approximate surface area is 224 Å². The van der Waals surface area contributed by atoms with Crippen LogP contribution < -0.4 is 10.6 Å². The SMILES string of the molecule is CN1Cc2nc(C(=O)N[C@@H]3C[C@@H](C(O)N(C)C)CC[C@@H]3NC(=O)c3cc4ccc(Cl)cc4cn3)sc2C1. The zero-order chi connectivity index (χ0) is 26.3. The van der Waals surface area contributed by atoms with E-state index in [-0.39, 0.29) is 29.8 Å². The number of halogens is 1. The van der Waals surface area contributed by atoms with Gasteiger partial charge < -0.3 is 15.7 Å². The Morgan fingerprint density at radius 2 is 1.92 bits per heavy atom. The zero-order valence-electron chi connectivity index (χ0n) is 21.1. The first-order valence-electron chi connectivity index (χ1n) is 12.4. The molecular weight excluding hydrogens is 512 g/mol. The lowest BCUT2D eigenvalue weighted by Crippen LogP contribution is -2.56. The van der Waals surface area contributed by atoms with Gasteiger partial charge in [-0.1, -0.05) is 17.7 Å². The molecule has 0 bridgehead atoms. The third-order valence-electron chi connectivity index (χ3n) is 7.20. The predicted molar refractivity (Wildman–Crippen MR) is 144 cm³/mol. The Kier molecular flexibility index (Phi) is 7.46. The number of nitrogens with one attached hydrogen (secondary N) is 2. The summed E-state index contributed by atoms with van der Waals surface area (Å²) in [5.41, 5.74) is 1.26. The number of aromatic nitrogens is 2. The number of carbonyl (C=O) groups excluding carboxylic acids is 2. The van der Waals surface area contributed by atoms with Gasteiger partial charge in [0.1, 0.15) is 11.9 Å². The topological polar surface area (TPSA) is 111 Å². The largest absolute Gasteiger partial charge is 0.378 e. The number of pyridine rings is 1. The number of fused-ring (bicyclic) bond motifs is 2. The molecule has 2 aromatic heterocycles. The summed E-state index contributed by atoms with van der Waals surface area (Å²) in [4.78, 5) is 40.3. The molecule has 3 N–H and O–H groups in total. The summed E-state index contributed by atoms with van der Waals surface area (Å²) in [7, 11) is 5.69. The number of benzene rings is 1. The molecule has 0 saturated heterocycles. The average Bonchev–Trinajstić information content (AvgIpc) is 3.41. The zero-order valence-corrected chi connectivity index (χ0v) is 22.6. The number of amides is 2. The molecule has 4 atom stereocenters. The number of aliphatic hydroxyl groups excluding tert-OH is 1. The molecule has 0 radical (unpaired) electrons. The summed E-state index contributed by atoms with van der Waals surface area (Å²) in [5.74, 6) is -0.581. The molecule has 2 aliphatic rings. The van der Waals surface area contributed by atoms with E-state index in [4.69, 9.17) is 11.6 Å². The molecule has 11 heteroatoms. The van der Waals surface area contributed by atoms with Gasteiger partial charge in [-0.15, -0.1) is 11.3 Å². The summed E-state index contributed by atoms with van der Waals surface area (Å²) in [6.45, 7) is 1.54. The van der Waals surface area contributed by atoms with E-state index in [2.05, 4.69) is 25.5 Å². The number of rotatable bonds is 6. The van der Waals surface area contributed by atoms with Crippen molar-refractivity contribution in [3.05, 3.63) is 56.8 Å². The van der Waals surface area contributed by atoms with Crippen molar-refractivity contribution >= 4 is 45.5 Å². The molecule has 1 aliphatic heterocycles. The van der Waals surface area contributed by atoms with E-state index >= 15 is 0 Å². The molecule has 1 unspecified atom stereocenters. The minimum atomic E-state index is -0.635. The van der Waals surface area contributed by atoms with Gasteiger partial charge >= 0.3 is 0 Å². The van der Waals surface area contributed by atoms with Crippen molar-refractivity contribution in [2.75, 3.05) is 21.1 Å². The van der Waals surface area contributed by atoms with Crippen LogP contribution in [0.15, 0.2) is 30.5 Å². The highest BCUT2D eigenvalue weighted by molar-refractivity contribution is 7.13. The fourth-order valence-corrected chi connectivity index (χ4v) is 6.46. The molecule has 1 fully saturated rings. The van der Waals surface area contributed by atoms with Crippen LogP contribution in [0.5, 0.6) is 0 Å². The van der Waals surface area contributed by atoms with Gasteiger partial charge in [-0.25, -0.2) is 4.98 Å². The first-order chi connectivity index (χ1) is 17.7. The minimum Gasteiger partial charge on any atom is -0.378 e. The Balaban J connectivity index is 1.33. The Bertz CT molecular complexity index is 1310. The maximum atomic E-state index is 13.2. The first-order valence-corrected chi connectivity index (χ1v) is 13.6. The average molecular weight is 543 g/mol. The highest BCUT2D eigenvalue weighted by Crippen LogP contribution is 2.30. The van der Waals surface area contributed by atoms with Crippen LogP contribution in [0.1, 0.15) is 50.1 Å². The second-order valence-corrected chi connectivity index (χ2v) is 11.8. The maximum absolute atomic E-state index is 13.2. The van der Waals surface area contributed by atoms with Gasteiger partial charge in [-0.3, -0.25) is 24.4 Å². The van der Waals surface area contributed by atoms with Crippen molar-refractivity contribution in [1.82, 2.24) is 30.4 Å². The van der Waals surface area contributed by atoms with E-state index in [1.54, 1.807) is 29.3 Å². The predicted octanol–water partition coefficient (Wildman–Crippen LogP) is 2.87. The molecule has 5 rings (SSSR count). The monoisotopic (exact) mass is 542 g/mol. The molecule has 37 heavy (non-hydrogen) atoms. The van der Waals surface area contributed by atoms with Crippen LogP contribution in [0.2, 0.25) is 5.02 Å². The Hall–Kier alpha value is -2.63. The molecule has 3 heterocycles. The van der Waals surface area contributed by atoms with E-state index in [9.17, 15) is 14.7 Å². The quantitative estimate of drug-likeness (QED) is 0.411. The molecule has 3 aromatic rings. The van der Waals surface area contributed by atoms with Crippen molar-refractivity contribution in [2.24, 2.45) is 5.92 Å². The second-order valence-electron chi connectivity index (χ2n) is 10.2. The molecule has 2 amide bonds. The van der Waals surface area contributed by atoms with Crippen LogP contribution in [0, 0.1) is 5.92 Å². The standard InChI is InChI=1S/C26H31ClN6O3S/c1-32(2)26(36)15-5-7-18(29-23(34)20-9-14-4-6-17(27)8-16(14)11-28-20)19(10-15)30-24(35)25-31-21-12-33(3)13-22(21)37-25/h4,6,8-9,11,15,18-19,26,36H,5,7,10,12-13H2,1-3H3,(H,29,34)(H,30,35)/t15-,18-,19+,26?/m0/s1. The number of thiazole rings is 1. The summed E-state index contributed by atoms with van der Waals surface area (Å²) in [6.07, 6.45) is 2.88. The van der Waals surface area contributed by atoms with Crippen molar-refractivity contribution < 1.29 is 14.7 Å². The van der Waals surface area contributed by atoms with Crippen LogP contribution in [0.25, 0.3) is 10.8 Å². The molecule has 9 nitrogen and oxygen atoms in total. The highest BCUT2D eigenvalue weighted by atomic mass is 35.5. The van der Waals surface area contributed by atoms with Crippen LogP contribution in [-0.4, -0.2) is 76.1 Å². The minimum absolute atomic E-state index is 0.0352. The van der Waals surface area contributed by atoms with Crippen molar-refractivity contribution in [3.63, 3.8) is 0 Å². The first kappa shape index (κ1) is 26.0. The van der Waals surface area contributed by atoms with Crippen LogP contribution in [0.3, 0.4) is 0 Å². The smallest absolute Gasteiger partial charge is 0.280 e. The third-order valence-corrected chi connectivity index (χ3v) is 8.51. The molecule has 1 aliphatic carbocycles. The van der Waals surface area contributed by atoms with Crippen LogP contribution >= 0.6 is 22.9 Å². The van der Waals surface area contributed by atoms with Gasteiger partial charge in [0.05, 0.1) is 5.69 Å². The van der Waals surface area contributed by atoms with E-state index in [0.29, 0.717) is 28.6 Å². The van der Waals surface area contributed by atoms with Gasteiger partial charge in [0, 0.05) is 52.6 Å². The van der Waals surface area contributed by atoms with Gasteiger partial charge in [0.15, 0.2) is 5.01 Å². The van der Waals surface area contributed by atoms with Crippen molar-refractivity contribution in [2.45, 2.75) is 50.7 Å². The molecule has 1 aromatic carbocycles. The third kappa shape index (κ3) is 5.63. The highest BCUT2D eigenvalue weighted by Gasteiger charge is 2.37. The normalized spacial score (nSPS) is 22.7. The number of aliphatic hydroxyl groups is 1. The van der Waals surface area contributed by atoms with Gasteiger partial charge in [0.25, 0.3) is 11.8 Å². The molecule has 196 valence electrons. The number of hydrogen-bond acceptors (Lipinski definition) is 8. The summed E-state index contributed by atoms with van der Waals surface area (Å²) in [6, 6.07) is 6.52. The summed E-state index contributed by atoms with van der Waals surface area (Å²) >= 11 is 7.48. The number of nitrogens with zero attached hydrogens (tertiary/aromatic N) is 4. The van der Waals surface area contributed by atoms with E-state index < -0.39 is 6.23 Å². The second kappa shape index (κ2) is 10.6. The molecule has 1 saturated carbocycles. The van der Waals surface area contributed by atoms with Gasteiger partial charge in [-0.05, 0) is 64.0 Å². The molecule has 0 spiro atoms. The number of hydrogen-bond donors (Lipinski definition) is 3. The van der Waals surface area contributed by atoms with Crippen molar-refractivity contribution in [1.29, 1.82) is 0 Å². The fraction of sp³-hybridized carbons (Fsp3) is 0.462. The summed E-state index contributed by atoms with van der Waals surface area (Å²) in [5, 5.41) is 19.7. The van der Waals surface area contributed by atoms with E-state index in [1.807, 2.05) is 27.2 Å². The van der Waals surface area contributed by atoms with E-state index in [0.717, 1.165) is 40.9 Å². The van der Waals surface area contributed by atoms with Gasteiger partial charge in [-0.2, -0.15) is 0 Å². The Morgan fingerprint density at radius 1 is 1.14 bits per heavy atom. The Morgan fingerprint density at radius 3 is 2.68 bits per heavy atom. The maximum Gasteiger partial charge on any atom is 0.280 e. The van der Waals surface area contributed by atoms with E-state index in [1.165, 1.54) is 11.3 Å². The lowest BCUT2D eigenvalue weighted by atomic mass is 9.80.